The average molecular weight is 245 g/mol. The highest BCUT2D eigenvalue weighted by atomic mass is 16.7. The van der Waals surface area contributed by atoms with Crippen LogP contribution in [0.1, 0.15) is 40.5 Å². The van der Waals surface area contributed by atoms with Crippen molar-refractivity contribution < 1.29 is 9.47 Å². The minimum absolute atomic E-state index is 0.102. The van der Waals surface area contributed by atoms with E-state index in [0.29, 0.717) is 0 Å². The number of methoxy groups -OCH3 is 2. The molecule has 0 aliphatic carbocycles. The summed E-state index contributed by atoms with van der Waals surface area (Å²) in [5.41, 5.74) is 0. The van der Waals surface area contributed by atoms with E-state index < -0.39 is 0 Å². The van der Waals surface area contributed by atoms with E-state index in [1.807, 2.05) is 0 Å². The highest BCUT2D eigenvalue weighted by Crippen LogP contribution is 2.08. The Morgan fingerprint density at radius 2 is 1.24 bits per heavy atom. The first-order chi connectivity index (χ1) is 7.99. The van der Waals surface area contributed by atoms with Gasteiger partial charge in [0.25, 0.3) is 0 Å². The van der Waals surface area contributed by atoms with Crippen LogP contribution < -0.4 is 0 Å². The fraction of sp³-hybridized carbons (Fsp3) is 1.00. The summed E-state index contributed by atoms with van der Waals surface area (Å²) >= 11 is 0. The Hall–Kier alpha value is -0.120. The lowest BCUT2D eigenvalue weighted by atomic mass is 10.1. The zero-order chi connectivity index (χ0) is 13.3. The van der Waals surface area contributed by atoms with Gasteiger partial charge in [-0.3, -0.25) is 4.90 Å². The lowest BCUT2D eigenvalue weighted by Gasteiger charge is -2.27. The molecule has 0 aromatic rings. The maximum absolute atomic E-state index is 5.28. The van der Waals surface area contributed by atoms with Crippen molar-refractivity contribution >= 4 is 0 Å². The van der Waals surface area contributed by atoms with Crippen molar-refractivity contribution in [2.45, 2.75) is 46.8 Å². The van der Waals surface area contributed by atoms with Crippen molar-refractivity contribution in [3.8, 4) is 0 Å². The van der Waals surface area contributed by atoms with E-state index in [9.17, 15) is 0 Å². The van der Waals surface area contributed by atoms with Crippen LogP contribution in [0.5, 0.6) is 0 Å². The number of hydrogen-bond acceptors (Lipinski definition) is 3. The van der Waals surface area contributed by atoms with E-state index in [0.717, 1.165) is 31.5 Å². The summed E-state index contributed by atoms with van der Waals surface area (Å²) in [4.78, 5) is 2.46. The lowest BCUT2D eigenvalue weighted by Crippen LogP contribution is -2.36. The Bertz CT molecular complexity index is 156. The molecule has 0 aliphatic rings. The van der Waals surface area contributed by atoms with Crippen LogP contribution >= 0.6 is 0 Å². The minimum Gasteiger partial charge on any atom is -0.355 e. The zero-order valence-electron chi connectivity index (χ0n) is 12.5. The second kappa shape index (κ2) is 9.86. The Labute approximate surface area is 107 Å². The molecule has 0 aliphatic heterocycles. The second-order valence-corrected chi connectivity index (χ2v) is 5.57. The molecule has 0 unspecified atom stereocenters. The normalized spacial score (nSPS) is 12.4. The molecule has 0 bridgehead atoms. The van der Waals surface area contributed by atoms with Crippen LogP contribution in [0, 0.1) is 11.8 Å². The molecule has 104 valence electrons. The summed E-state index contributed by atoms with van der Waals surface area (Å²) < 4.78 is 10.6. The molecule has 17 heavy (non-hydrogen) atoms. The van der Waals surface area contributed by atoms with Crippen molar-refractivity contribution in [1.29, 1.82) is 0 Å². The summed E-state index contributed by atoms with van der Waals surface area (Å²) in [7, 11) is 3.41. The molecule has 0 radical (unpaired) electrons. The molecule has 0 aromatic heterocycles. The first-order valence-electron chi connectivity index (χ1n) is 6.77. The quantitative estimate of drug-likeness (QED) is 0.552. The van der Waals surface area contributed by atoms with E-state index >= 15 is 0 Å². The smallest absolute Gasteiger partial charge is 0.169 e. The average Bonchev–Trinajstić information content (AvgIpc) is 2.27. The summed E-state index contributed by atoms with van der Waals surface area (Å²) in [5.74, 6) is 1.50. The highest BCUT2D eigenvalue weighted by Gasteiger charge is 2.13. The number of nitrogens with zero attached hydrogens (tertiary/aromatic N) is 1. The van der Waals surface area contributed by atoms with Crippen molar-refractivity contribution in [1.82, 2.24) is 4.90 Å². The molecule has 0 saturated carbocycles. The minimum atomic E-state index is -0.102. The molecule has 0 heterocycles. The highest BCUT2D eigenvalue weighted by molar-refractivity contribution is 4.63. The Morgan fingerprint density at radius 3 is 1.53 bits per heavy atom. The standard InChI is InChI=1S/C14H31NO2/c1-12(2)7-9-15(10-8-13(3)4)11-14(16-5)17-6/h12-14H,7-11H2,1-6H3. The molecule has 0 atom stereocenters. The zero-order valence-corrected chi connectivity index (χ0v) is 12.5. The predicted molar refractivity (Wildman–Crippen MR) is 73.2 cm³/mol. The van der Waals surface area contributed by atoms with Gasteiger partial charge in [0, 0.05) is 20.8 Å². The third kappa shape index (κ3) is 9.57. The first-order valence-corrected chi connectivity index (χ1v) is 6.77. The van der Waals surface area contributed by atoms with Gasteiger partial charge in [-0.1, -0.05) is 27.7 Å². The predicted octanol–water partition coefficient (Wildman–Crippen LogP) is 3.00. The summed E-state index contributed by atoms with van der Waals surface area (Å²) in [6.45, 7) is 12.2. The van der Waals surface area contributed by atoms with E-state index in [2.05, 4.69) is 32.6 Å². The van der Waals surface area contributed by atoms with Gasteiger partial charge in [0.15, 0.2) is 6.29 Å². The van der Waals surface area contributed by atoms with Gasteiger partial charge in [0.05, 0.1) is 0 Å². The van der Waals surface area contributed by atoms with Crippen molar-refractivity contribution in [2.75, 3.05) is 33.9 Å². The van der Waals surface area contributed by atoms with Crippen LogP contribution in [-0.4, -0.2) is 45.0 Å². The summed E-state index contributed by atoms with van der Waals surface area (Å²) in [5, 5.41) is 0. The van der Waals surface area contributed by atoms with Crippen LogP contribution in [-0.2, 0) is 9.47 Å². The van der Waals surface area contributed by atoms with Gasteiger partial charge >= 0.3 is 0 Å². The molecule has 0 fully saturated rings. The summed E-state index contributed by atoms with van der Waals surface area (Å²) in [6, 6.07) is 0. The molecular formula is C14H31NO2. The number of rotatable bonds is 10. The van der Waals surface area contributed by atoms with E-state index in [1.165, 1.54) is 12.8 Å². The summed E-state index contributed by atoms with van der Waals surface area (Å²) in [6.07, 6.45) is 2.37. The fourth-order valence-electron chi connectivity index (χ4n) is 1.63. The Balaban J connectivity index is 4.08. The van der Waals surface area contributed by atoms with Crippen molar-refractivity contribution in [3.05, 3.63) is 0 Å². The van der Waals surface area contributed by atoms with E-state index in [4.69, 9.17) is 9.47 Å². The molecule has 0 rings (SSSR count). The van der Waals surface area contributed by atoms with Gasteiger partial charge in [-0.05, 0) is 37.8 Å². The molecule has 0 N–H and O–H groups in total. The van der Waals surface area contributed by atoms with Gasteiger partial charge in [0.1, 0.15) is 0 Å². The van der Waals surface area contributed by atoms with Crippen LogP contribution in [0.15, 0.2) is 0 Å². The molecule has 0 aromatic carbocycles. The molecule has 0 saturated heterocycles. The van der Waals surface area contributed by atoms with Gasteiger partial charge in [-0.2, -0.15) is 0 Å². The van der Waals surface area contributed by atoms with Gasteiger partial charge in [0.2, 0.25) is 0 Å². The molecule has 0 amide bonds. The number of ether oxygens (including phenoxy) is 2. The number of hydrogen-bond donors (Lipinski definition) is 0. The Morgan fingerprint density at radius 1 is 0.824 bits per heavy atom. The van der Waals surface area contributed by atoms with Gasteiger partial charge in [-0.15, -0.1) is 0 Å². The largest absolute Gasteiger partial charge is 0.355 e. The molecule has 3 heteroatoms. The monoisotopic (exact) mass is 245 g/mol. The maximum Gasteiger partial charge on any atom is 0.169 e. The van der Waals surface area contributed by atoms with Crippen molar-refractivity contribution in [3.63, 3.8) is 0 Å². The van der Waals surface area contributed by atoms with Gasteiger partial charge < -0.3 is 9.47 Å². The SMILES string of the molecule is COC(CN(CCC(C)C)CCC(C)C)OC. The van der Waals surface area contributed by atoms with Crippen LogP contribution in [0.4, 0.5) is 0 Å². The lowest BCUT2D eigenvalue weighted by molar-refractivity contribution is -0.116. The van der Waals surface area contributed by atoms with Crippen LogP contribution in [0.25, 0.3) is 0 Å². The van der Waals surface area contributed by atoms with Gasteiger partial charge in [-0.25, -0.2) is 0 Å². The molecule has 3 nitrogen and oxygen atoms in total. The second-order valence-electron chi connectivity index (χ2n) is 5.57. The topological polar surface area (TPSA) is 21.7 Å². The van der Waals surface area contributed by atoms with Crippen LogP contribution in [0.3, 0.4) is 0 Å². The Kier molecular flexibility index (Phi) is 9.79. The maximum atomic E-state index is 5.28. The van der Waals surface area contributed by atoms with E-state index in [1.54, 1.807) is 14.2 Å². The molecular weight excluding hydrogens is 214 g/mol. The van der Waals surface area contributed by atoms with Crippen molar-refractivity contribution in [2.24, 2.45) is 11.8 Å². The fourth-order valence-corrected chi connectivity index (χ4v) is 1.63. The third-order valence-electron chi connectivity index (χ3n) is 2.98. The molecule has 0 spiro atoms. The van der Waals surface area contributed by atoms with E-state index in [-0.39, 0.29) is 6.29 Å². The first kappa shape index (κ1) is 16.9. The third-order valence-corrected chi connectivity index (χ3v) is 2.98. The van der Waals surface area contributed by atoms with Crippen LogP contribution in [0.2, 0.25) is 0 Å².